The van der Waals surface area contributed by atoms with Gasteiger partial charge < -0.3 is 5.73 Å². The molecule has 0 saturated carbocycles. The van der Waals surface area contributed by atoms with E-state index in [-0.39, 0.29) is 12.1 Å². The number of hydrogen-bond acceptors (Lipinski definition) is 5. The summed E-state index contributed by atoms with van der Waals surface area (Å²) in [6.45, 7) is 2.98. The first-order valence-electron chi connectivity index (χ1n) is 6.07. The molecule has 0 aliphatic rings. The number of likely N-dealkylation sites (N-methyl/N-ethyl adjacent to an activating group) is 1. The fourth-order valence-electron chi connectivity index (χ4n) is 2.16. The highest BCUT2D eigenvalue weighted by atomic mass is 32.1. The van der Waals surface area contributed by atoms with Gasteiger partial charge in [-0.3, -0.25) is 4.90 Å². The van der Waals surface area contributed by atoms with Crippen LogP contribution in [0.15, 0.2) is 27.7 Å². The zero-order valence-electron chi connectivity index (χ0n) is 10.7. The number of hydrogen-bond donors (Lipinski definition) is 1. The Morgan fingerprint density at radius 3 is 2.78 bits per heavy atom. The Morgan fingerprint density at radius 2 is 2.22 bits per heavy atom. The Kier molecular flexibility index (Phi) is 4.88. The van der Waals surface area contributed by atoms with Crippen molar-refractivity contribution in [2.24, 2.45) is 5.73 Å². The molecule has 0 aliphatic carbocycles. The van der Waals surface area contributed by atoms with E-state index in [0.717, 1.165) is 18.7 Å². The summed E-state index contributed by atoms with van der Waals surface area (Å²) in [4.78, 5) is 6.64. The van der Waals surface area contributed by atoms with E-state index in [1.54, 1.807) is 22.7 Å². The summed E-state index contributed by atoms with van der Waals surface area (Å²) in [5.74, 6) is 0. The summed E-state index contributed by atoms with van der Waals surface area (Å²) in [7, 11) is 2.12. The van der Waals surface area contributed by atoms with Gasteiger partial charge in [-0.2, -0.15) is 11.3 Å². The van der Waals surface area contributed by atoms with Crippen molar-refractivity contribution in [1.29, 1.82) is 0 Å². The summed E-state index contributed by atoms with van der Waals surface area (Å²) >= 11 is 3.36. The van der Waals surface area contributed by atoms with Crippen LogP contribution in [0.2, 0.25) is 0 Å². The topological polar surface area (TPSA) is 42.1 Å². The van der Waals surface area contributed by atoms with Gasteiger partial charge in [0.15, 0.2) is 0 Å². The van der Waals surface area contributed by atoms with Crippen molar-refractivity contribution in [3.63, 3.8) is 0 Å². The standard InChI is InChI=1S/C13H19N3S2/c1-3-12(14)13(10-4-5-17-7-10)16(2)6-11-8-18-9-15-11/h4-5,7-9,12-13H,3,6,14H2,1-2H3. The molecule has 0 saturated heterocycles. The highest BCUT2D eigenvalue weighted by Gasteiger charge is 2.23. The van der Waals surface area contributed by atoms with Gasteiger partial charge in [-0.25, -0.2) is 4.98 Å². The van der Waals surface area contributed by atoms with Crippen LogP contribution in [0.5, 0.6) is 0 Å². The molecule has 98 valence electrons. The molecule has 0 fully saturated rings. The minimum atomic E-state index is 0.156. The van der Waals surface area contributed by atoms with Crippen molar-refractivity contribution < 1.29 is 0 Å². The molecule has 2 aromatic heterocycles. The number of rotatable bonds is 6. The van der Waals surface area contributed by atoms with E-state index in [9.17, 15) is 0 Å². The third kappa shape index (κ3) is 3.17. The molecule has 2 N–H and O–H groups in total. The molecular weight excluding hydrogens is 262 g/mol. The summed E-state index contributed by atoms with van der Waals surface area (Å²) in [6.07, 6.45) is 0.974. The molecule has 18 heavy (non-hydrogen) atoms. The molecule has 2 rings (SSSR count). The second-order valence-corrected chi connectivity index (χ2v) is 5.97. The van der Waals surface area contributed by atoms with Crippen LogP contribution in [-0.4, -0.2) is 23.0 Å². The third-order valence-electron chi connectivity index (χ3n) is 3.13. The summed E-state index contributed by atoms with van der Waals surface area (Å²) < 4.78 is 0. The lowest BCUT2D eigenvalue weighted by Gasteiger charge is -2.31. The number of thiophene rings is 1. The molecule has 0 spiro atoms. The maximum Gasteiger partial charge on any atom is 0.0795 e. The van der Waals surface area contributed by atoms with Gasteiger partial charge in [-0.15, -0.1) is 11.3 Å². The number of nitrogens with two attached hydrogens (primary N) is 1. The third-order valence-corrected chi connectivity index (χ3v) is 4.47. The predicted molar refractivity (Wildman–Crippen MR) is 78.9 cm³/mol. The zero-order valence-corrected chi connectivity index (χ0v) is 12.4. The first-order valence-corrected chi connectivity index (χ1v) is 7.96. The zero-order chi connectivity index (χ0) is 13.0. The predicted octanol–water partition coefficient (Wildman–Crippen LogP) is 3.12. The van der Waals surface area contributed by atoms with Crippen LogP contribution in [0, 0.1) is 0 Å². The van der Waals surface area contributed by atoms with Gasteiger partial charge in [0.1, 0.15) is 0 Å². The molecule has 5 heteroatoms. The lowest BCUT2D eigenvalue weighted by Crippen LogP contribution is -2.38. The van der Waals surface area contributed by atoms with Gasteiger partial charge >= 0.3 is 0 Å². The fourth-order valence-corrected chi connectivity index (χ4v) is 3.40. The van der Waals surface area contributed by atoms with E-state index in [2.05, 4.69) is 46.1 Å². The maximum absolute atomic E-state index is 6.28. The van der Waals surface area contributed by atoms with Crippen molar-refractivity contribution in [2.75, 3.05) is 7.05 Å². The van der Waals surface area contributed by atoms with Crippen molar-refractivity contribution >= 4 is 22.7 Å². The van der Waals surface area contributed by atoms with Crippen LogP contribution >= 0.6 is 22.7 Å². The first kappa shape index (κ1) is 13.7. The minimum absolute atomic E-state index is 0.156. The second-order valence-electron chi connectivity index (χ2n) is 4.47. The molecule has 3 nitrogen and oxygen atoms in total. The molecule has 2 heterocycles. The van der Waals surface area contributed by atoms with E-state index >= 15 is 0 Å². The van der Waals surface area contributed by atoms with Crippen molar-refractivity contribution in [3.8, 4) is 0 Å². The van der Waals surface area contributed by atoms with Gasteiger partial charge in [0.2, 0.25) is 0 Å². The molecule has 0 aromatic carbocycles. The Labute approximate surface area is 116 Å². The normalized spacial score (nSPS) is 14.9. The molecule has 2 atom stereocenters. The highest BCUT2D eigenvalue weighted by molar-refractivity contribution is 7.08. The summed E-state index contributed by atoms with van der Waals surface area (Å²) in [5.41, 5.74) is 10.6. The average Bonchev–Trinajstić information content (AvgIpc) is 3.02. The molecule has 0 bridgehead atoms. The van der Waals surface area contributed by atoms with E-state index in [1.165, 1.54) is 5.56 Å². The highest BCUT2D eigenvalue weighted by Crippen LogP contribution is 2.27. The quantitative estimate of drug-likeness (QED) is 0.884. The van der Waals surface area contributed by atoms with Crippen LogP contribution in [-0.2, 0) is 6.54 Å². The Bertz CT molecular complexity index is 439. The van der Waals surface area contributed by atoms with Gasteiger partial charge in [0.05, 0.1) is 17.2 Å². The van der Waals surface area contributed by atoms with Crippen LogP contribution < -0.4 is 5.73 Å². The smallest absolute Gasteiger partial charge is 0.0795 e. The Morgan fingerprint density at radius 1 is 1.39 bits per heavy atom. The van der Waals surface area contributed by atoms with Crippen LogP contribution in [0.1, 0.15) is 30.6 Å². The van der Waals surface area contributed by atoms with Crippen molar-refractivity contribution in [2.45, 2.75) is 32.0 Å². The number of aromatic nitrogens is 1. The summed E-state index contributed by atoms with van der Waals surface area (Å²) in [5, 5.41) is 6.40. The Balaban J connectivity index is 2.13. The average molecular weight is 281 g/mol. The molecule has 0 aliphatic heterocycles. The van der Waals surface area contributed by atoms with Gasteiger partial charge in [0.25, 0.3) is 0 Å². The lowest BCUT2D eigenvalue weighted by molar-refractivity contribution is 0.200. The van der Waals surface area contributed by atoms with E-state index in [0.29, 0.717) is 0 Å². The van der Waals surface area contributed by atoms with Crippen LogP contribution in [0.25, 0.3) is 0 Å². The molecule has 0 amide bonds. The van der Waals surface area contributed by atoms with Gasteiger partial charge in [-0.1, -0.05) is 6.92 Å². The van der Waals surface area contributed by atoms with Gasteiger partial charge in [0, 0.05) is 18.0 Å². The monoisotopic (exact) mass is 281 g/mol. The molecular formula is C13H19N3S2. The maximum atomic E-state index is 6.28. The SMILES string of the molecule is CCC(N)C(c1ccsc1)N(C)Cc1cscn1. The largest absolute Gasteiger partial charge is 0.326 e. The molecule has 2 unspecified atom stereocenters. The van der Waals surface area contributed by atoms with Crippen molar-refractivity contribution in [3.05, 3.63) is 39.0 Å². The lowest BCUT2D eigenvalue weighted by atomic mass is 9.99. The van der Waals surface area contributed by atoms with Crippen LogP contribution in [0.4, 0.5) is 0 Å². The van der Waals surface area contributed by atoms with Crippen molar-refractivity contribution in [1.82, 2.24) is 9.88 Å². The van der Waals surface area contributed by atoms with E-state index in [4.69, 9.17) is 5.73 Å². The molecule has 2 aromatic rings. The second kappa shape index (κ2) is 6.43. The number of thiazole rings is 1. The van der Waals surface area contributed by atoms with Gasteiger partial charge in [-0.05, 0) is 35.9 Å². The van der Waals surface area contributed by atoms with E-state index in [1.807, 2.05) is 5.51 Å². The molecule has 0 radical (unpaired) electrons. The number of nitrogens with zero attached hydrogens (tertiary/aromatic N) is 2. The first-order chi connectivity index (χ1) is 8.72. The summed E-state index contributed by atoms with van der Waals surface area (Å²) in [6, 6.07) is 2.59. The van der Waals surface area contributed by atoms with E-state index < -0.39 is 0 Å². The Hall–Kier alpha value is -0.750. The fraction of sp³-hybridized carbons (Fsp3) is 0.462. The minimum Gasteiger partial charge on any atom is -0.326 e. The van der Waals surface area contributed by atoms with Crippen LogP contribution in [0.3, 0.4) is 0 Å².